The molecule has 3 N–H and O–H groups in total. The smallest absolute Gasteiger partial charge is 0.433 e. The van der Waals surface area contributed by atoms with Gasteiger partial charge in [0.15, 0.2) is 11.5 Å². The van der Waals surface area contributed by atoms with Gasteiger partial charge in [-0.25, -0.2) is 9.97 Å². The van der Waals surface area contributed by atoms with Crippen molar-refractivity contribution in [1.29, 1.82) is 0 Å². The Morgan fingerprint density at radius 3 is 2.63 bits per heavy atom. The first-order valence-electron chi connectivity index (χ1n) is 12.5. The average Bonchev–Trinajstić information content (AvgIpc) is 3.47. The fourth-order valence-corrected chi connectivity index (χ4v) is 4.77. The number of carbonyl (C=O) groups is 2. The molecule has 12 heteroatoms. The van der Waals surface area contributed by atoms with E-state index in [0.29, 0.717) is 24.0 Å². The largest absolute Gasteiger partial charge is 0.494 e. The number of hydrogen-bond acceptors (Lipinski definition) is 7. The van der Waals surface area contributed by atoms with Crippen LogP contribution in [0, 0.1) is 5.92 Å². The molecular formula is C26H28F3N5O4. The number of aromatic nitrogens is 2. The molecule has 0 spiro atoms. The molecule has 1 aliphatic heterocycles. The van der Waals surface area contributed by atoms with E-state index in [0.717, 1.165) is 31.7 Å². The lowest BCUT2D eigenvalue weighted by atomic mass is 10.1. The van der Waals surface area contributed by atoms with Gasteiger partial charge >= 0.3 is 6.18 Å². The summed E-state index contributed by atoms with van der Waals surface area (Å²) in [6, 6.07) is 4.36. The third-order valence-corrected chi connectivity index (χ3v) is 6.93. The summed E-state index contributed by atoms with van der Waals surface area (Å²) in [5.74, 6) is 0.0699. The summed E-state index contributed by atoms with van der Waals surface area (Å²) < 4.78 is 51.1. The zero-order valence-corrected chi connectivity index (χ0v) is 21.0. The third kappa shape index (κ3) is 4.92. The Morgan fingerprint density at radius 2 is 1.97 bits per heavy atom. The molecule has 2 aliphatic rings. The minimum Gasteiger partial charge on any atom is -0.494 e. The Kier molecular flexibility index (Phi) is 6.76. The number of rotatable bonds is 7. The normalized spacial score (nSPS) is 18.6. The second-order valence-corrected chi connectivity index (χ2v) is 9.74. The van der Waals surface area contributed by atoms with E-state index < -0.39 is 17.9 Å². The summed E-state index contributed by atoms with van der Waals surface area (Å²) in [5, 5.41) is 3.25. The van der Waals surface area contributed by atoms with Crippen molar-refractivity contribution in [1.82, 2.24) is 20.2 Å². The summed E-state index contributed by atoms with van der Waals surface area (Å²) in [6.07, 6.45) is -1.32. The van der Waals surface area contributed by atoms with Crippen molar-refractivity contribution in [2.24, 2.45) is 11.7 Å². The maximum absolute atomic E-state index is 13.6. The number of oxazole rings is 1. The number of methoxy groups -OCH3 is 1. The van der Waals surface area contributed by atoms with Gasteiger partial charge in [0.2, 0.25) is 11.8 Å². The predicted molar refractivity (Wildman–Crippen MR) is 131 cm³/mol. The lowest BCUT2D eigenvalue weighted by Gasteiger charge is -2.24. The van der Waals surface area contributed by atoms with Crippen molar-refractivity contribution in [2.45, 2.75) is 50.9 Å². The molecule has 2 amide bonds. The maximum Gasteiger partial charge on any atom is 0.433 e. The number of halogens is 3. The summed E-state index contributed by atoms with van der Waals surface area (Å²) in [4.78, 5) is 35.6. The van der Waals surface area contributed by atoms with Crippen LogP contribution in [0.5, 0.6) is 5.75 Å². The van der Waals surface area contributed by atoms with E-state index in [1.165, 1.54) is 19.2 Å². The Bertz CT molecular complexity index is 1380. The van der Waals surface area contributed by atoms with Gasteiger partial charge in [-0.3, -0.25) is 9.59 Å². The van der Waals surface area contributed by atoms with Gasteiger partial charge in [0.05, 0.1) is 13.2 Å². The van der Waals surface area contributed by atoms with E-state index in [2.05, 4.69) is 15.3 Å². The fraction of sp³-hybridized carbons (Fsp3) is 0.462. The molecule has 5 rings (SSSR count). The van der Waals surface area contributed by atoms with Gasteiger partial charge in [-0.05, 0) is 56.9 Å². The van der Waals surface area contributed by atoms with E-state index in [1.807, 2.05) is 0 Å². The highest BCUT2D eigenvalue weighted by atomic mass is 19.4. The molecular weight excluding hydrogens is 503 g/mol. The first kappa shape index (κ1) is 26.0. The molecule has 1 saturated heterocycles. The monoisotopic (exact) mass is 531 g/mol. The van der Waals surface area contributed by atoms with E-state index in [1.54, 1.807) is 17.9 Å². The Hall–Kier alpha value is -3.67. The number of ether oxygens (including phenoxy) is 1. The minimum absolute atomic E-state index is 0.0120. The molecule has 0 unspecified atom stereocenters. The molecule has 1 aliphatic carbocycles. The van der Waals surface area contributed by atoms with Crippen molar-refractivity contribution >= 4 is 22.7 Å². The van der Waals surface area contributed by atoms with Crippen LogP contribution in [-0.4, -0.2) is 52.9 Å². The van der Waals surface area contributed by atoms with Gasteiger partial charge in [-0.15, -0.1) is 0 Å². The van der Waals surface area contributed by atoms with Crippen LogP contribution in [0.4, 0.5) is 13.2 Å². The number of benzene rings is 1. The molecule has 0 bridgehead atoms. The van der Waals surface area contributed by atoms with E-state index in [-0.39, 0.29) is 52.4 Å². The molecule has 2 atom stereocenters. The summed E-state index contributed by atoms with van der Waals surface area (Å²) in [6.45, 7) is 2.51. The number of fused-ring (bicyclic) bond motifs is 1. The van der Waals surface area contributed by atoms with Crippen LogP contribution in [0.25, 0.3) is 22.4 Å². The van der Waals surface area contributed by atoms with Gasteiger partial charge in [-0.2, -0.15) is 13.2 Å². The molecule has 0 radical (unpaired) electrons. The second-order valence-electron chi connectivity index (χ2n) is 9.74. The zero-order chi connectivity index (χ0) is 27.2. The van der Waals surface area contributed by atoms with Gasteiger partial charge in [0.1, 0.15) is 17.0 Å². The molecule has 3 heterocycles. The van der Waals surface area contributed by atoms with Gasteiger partial charge < -0.3 is 25.1 Å². The number of nitrogens with two attached hydrogens (primary N) is 1. The van der Waals surface area contributed by atoms with Crippen LogP contribution < -0.4 is 15.8 Å². The number of carbonyl (C=O) groups excluding carboxylic acids is 2. The average molecular weight is 532 g/mol. The highest BCUT2D eigenvalue weighted by Gasteiger charge is 2.36. The van der Waals surface area contributed by atoms with Crippen molar-refractivity contribution in [2.75, 3.05) is 20.2 Å². The fourth-order valence-electron chi connectivity index (χ4n) is 4.77. The molecule has 2 aromatic heterocycles. The van der Waals surface area contributed by atoms with Crippen LogP contribution in [-0.2, 0) is 11.0 Å². The van der Waals surface area contributed by atoms with E-state index in [4.69, 9.17) is 14.9 Å². The van der Waals surface area contributed by atoms with E-state index in [9.17, 15) is 22.8 Å². The van der Waals surface area contributed by atoms with Gasteiger partial charge in [-0.1, -0.05) is 0 Å². The molecule has 3 aromatic rings. The second kappa shape index (κ2) is 9.90. The lowest BCUT2D eigenvalue weighted by molar-refractivity contribution is -0.141. The number of alkyl halides is 3. The number of nitrogens with zero attached hydrogens (tertiary/aromatic N) is 3. The zero-order valence-electron chi connectivity index (χ0n) is 21.0. The number of nitrogens with one attached hydrogen (secondary N) is 1. The third-order valence-electron chi connectivity index (χ3n) is 6.93. The van der Waals surface area contributed by atoms with Crippen molar-refractivity contribution in [3.8, 4) is 17.2 Å². The standard InChI is InChI=1S/C26H28F3N5O4/c1-13(30)22-21(25(36)34-11-3-4-15(34)12-31-23(35)14-5-6-14)33-24(38-22)17-7-9-18(37-2)20-16(17)8-10-19(32-20)26(27,28)29/h7-10,13-15H,3-6,11-12,30H2,1-2H3,(H,31,35)/t13-,15+/m0/s1. The highest BCUT2D eigenvalue weighted by molar-refractivity contribution is 5.98. The quantitative estimate of drug-likeness (QED) is 0.471. The molecule has 38 heavy (non-hydrogen) atoms. The van der Waals surface area contributed by atoms with Crippen LogP contribution >= 0.6 is 0 Å². The minimum atomic E-state index is -4.63. The number of hydrogen-bond donors (Lipinski definition) is 2. The van der Waals surface area contributed by atoms with Crippen LogP contribution in [0.2, 0.25) is 0 Å². The van der Waals surface area contributed by atoms with Crippen molar-refractivity contribution in [3.05, 3.63) is 41.4 Å². The van der Waals surface area contributed by atoms with Crippen LogP contribution in [0.15, 0.2) is 28.7 Å². The summed E-state index contributed by atoms with van der Waals surface area (Å²) >= 11 is 0. The van der Waals surface area contributed by atoms with Crippen LogP contribution in [0.3, 0.4) is 0 Å². The number of amides is 2. The molecule has 1 aromatic carbocycles. The van der Waals surface area contributed by atoms with Crippen LogP contribution in [0.1, 0.15) is 60.6 Å². The highest BCUT2D eigenvalue weighted by Crippen LogP contribution is 2.38. The van der Waals surface area contributed by atoms with Crippen molar-refractivity contribution in [3.63, 3.8) is 0 Å². The lowest BCUT2D eigenvalue weighted by Crippen LogP contribution is -2.44. The topological polar surface area (TPSA) is 124 Å². The predicted octanol–water partition coefficient (Wildman–Crippen LogP) is 4.07. The molecule has 9 nitrogen and oxygen atoms in total. The Balaban J connectivity index is 1.49. The first-order valence-corrected chi connectivity index (χ1v) is 12.5. The molecule has 2 fully saturated rings. The number of likely N-dealkylation sites (tertiary alicyclic amines) is 1. The van der Waals surface area contributed by atoms with Crippen molar-refractivity contribution < 1.29 is 31.9 Å². The number of pyridine rings is 1. The Morgan fingerprint density at radius 1 is 1.21 bits per heavy atom. The maximum atomic E-state index is 13.6. The SMILES string of the molecule is COc1ccc(-c2nc(C(=O)N3CCC[C@@H]3CNC(=O)C3CC3)c([C@H](C)N)o2)c2ccc(C(F)(F)F)nc12. The summed E-state index contributed by atoms with van der Waals surface area (Å²) in [7, 11) is 1.34. The summed E-state index contributed by atoms with van der Waals surface area (Å²) in [5.41, 5.74) is 5.43. The molecule has 1 saturated carbocycles. The first-order chi connectivity index (χ1) is 18.1. The van der Waals surface area contributed by atoms with Gasteiger partial charge in [0, 0.05) is 36.0 Å². The van der Waals surface area contributed by atoms with E-state index >= 15 is 0 Å². The van der Waals surface area contributed by atoms with Gasteiger partial charge in [0.25, 0.3) is 5.91 Å². The molecule has 202 valence electrons. The Labute approximate surface area is 216 Å².